The number of rotatable bonds is 8. The normalized spacial score (nSPS) is 14.6. The Morgan fingerprint density at radius 1 is 1.35 bits per heavy atom. The SMILES string of the molecule is CCCCC(C(N)=O)N(CC1CC1)c1ccc(C#N)c(C#N)c1. The maximum Gasteiger partial charge on any atom is 0.240 e. The Hall–Kier alpha value is -2.53. The van der Waals surface area contributed by atoms with Crippen LogP contribution < -0.4 is 10.6 Å². The first-order valence-electron chi connectivity index (χ1n) is 8.10. The number of nitrogens with zero attached hydrogens (tertiary/aromatic N) is 3. The van der Waals surface area contributed by atoms with Gasteiger partial charge in [-0.3, -0.25) is 4.79 Å². The minimum Gasteiger partial charge on any atom is -0.368 e. The molecule has 1 aliphatic rings. The molecular formula is C18H22N4O. The Morgan fingerprint density at radius 3 is 2.57 bits per heavy atom. The number of nitrogens with two attached hydrogens (primary N) is 1. The van der Waals surface area contributed by atoms with E-state index in [1.807, 2.05) is 17.0 Å². The van der Waals surface area contributed by atoms with Crippen LogP contribution in [0, 0.1) is 28.6 Å². The molecule has 0 aromatic heterocycles. The smallest absolute Gasteiger partial charge is 0.240 e. The van der Waals surface area contributed by atoms with Crippen LogP contribution in [0.25, 0.3) is 0 Å². The fourth-order valence-corrected chi connectivity index (χ4v) is 2.74. The number of benzene rings is 1. The summed E-state index contributed by atoms with van der Waals surface area (Å²) >= 11 is 0. The molecule has 23 heavy (non-hydrogen) atoms. The number of nitriles is 2. The standard InChI is InChI=1S/C18H22N4O/c1-2-3-4-17(18(21)23)22(12-13-5-6-13)16-8-7-14(10-19)15(9-16)11-20/h7-9,13,17H,2-6,12H2,1H3,(H2,21,23). The van der Waals surface area contributed by atoms with Gasteiger partial charge in [0.25, 0.3) is 0 Å². The van der Waals surface area contributed by atoms with Crippen molar-refractivity contribution in [2.75, 3.05) is 11.4 Å². The molecule has 1 fully saturated rings. The largest absolute Gasteiger partial charge is 0.368 e. The Labute approximate surface area is 137 Å². The zero-order chi connectivity index (χ0) is 16.8. The molecule has 1 aromatic rings. The second-order valence-corrected chi connectivity index (χ2v) is 6.11. The second-order valence-electron chi connectivity index (χ2n) is 6.11. The molecule has 5 heteroatoms. The summed E-state index contributed by atoms with van der Waals surface area (Å²) in [5, 5.41) is 18.3. The zero-order valence-corrected chi connectivity index (χ0v) is 13.5. The van der Waals surface area contributed by atoms with Gasteiger partial charge in [-0.25, -0.2) is 0 Å². The quantitative estimate of drug-likeness (QED) is 0.798. The highest BCUT2D eigenvalue weighted by atomic mass is 16.1. The maximum absolute atomic E-state index is 12.0. The van der Waals surface area contributed by atoms with Gasteiger partial charge in [0.15, 0.2) is 0 Å². The van der Waals surface area contributed by atoms with Crippen molar-refractivity contribution in [3.05, 3.63) is 29.3 Å². The summed E-state index contributed by atoms with van der Waals surface area (Å²) in [6, 6.07) is 8.86. The van der Waals surface area contributed by atoms with Gasteiger partial charge >= 0.3 is 0 Å². The summed E-state index contributed by atoms with van der Waals surface area (Å²) in [4.78, 5) is 14.0. The fourth-order valence-electron chi connectivity index (χ4n) is 2.74. The van der Waals surface area contributed by atoms with Gasteiger partial charge in [0.05, 0.1) is 11.1 Å². The summed E-state index contributed by atoms with van der Waals surface area (Å²) in [5.41, 5.74) is 7.13. The van der Waals surface area contributed by atoms with Crippen LogP contribution in [-0.4, -0.2) is 18.5 Å². The Morgan fingerprint density at radius 2 is 2.04 bits per heavy atom. The van der Waals surface area contributed by atoms with Gasteiger partial charge in [-0.1, -0.05) is 19.8 Å². The van der Waals surface area contributed by atoms with Crippen molar-refractivity contribution in [1.82, 2.24) is 0 Å². The van der Waals surface area contributed by atoms with Crippen LogP contribution in [-0.2, 0) is 4.79 Å². The lowest BCUT2D eigenvalue weighted by molar-refractivity contribution is -0.119. The van der Waals surface area contributed by atoms with Gasteiger partial charge in [-0.05, 0) is 43.4 Å². The number of hydrogen-bond donors (Lipinski definition) is 1. The third kappa shape index (κ3) is 4.23. The molecule has 1 amide bonds. The van der Waals surface area contributed by atoms with Crippen LogP contribution in [0.5, 0.6) is 0 Å². The molecule has 5 nitrogen and oxygen atoms in total. The fraction of sp³-hybridized carbons (Fsp3) is 0.500. The van der Waals surface area contributed by atoms with Crippen LogP contribution in [0.2, 0.25) is 0 Å². The van der Waals surface area contributed by atoms with Crippen molar-refractivity contribution in [1.29, 1.82) is 10.5 Å². The third-order valence-electron chi connectivity index (χ3n) is 4.26. The van der Waals surface area contributed by atoms with Gasteiger partial charge < -0.3 is 10.6 Å². The van der Waals surface area contributed by atoms with Gasteiger partial charge in [0.2, 0.25) is 5.91 Å². The average molecular weight is 310 g/mol. The topological polar surface area (TPSA) is 93.9 Å². The van der Waals surface area contributed by atoms with Crippen LogP contribution in [0.4, 0.5) is 5.69 Å². The number of amides is 1. The average Bonchev–Trinajstić information content (AvgIpc) is 3.37. The third-order valence-corrected chi connectivity index (χ3v) is 4.26. The van der Waals surface area contributed by atoms with E-state index >= 15 is 0 Å². The molecule has 120 valence electrons. The number of primary amides is 1. The highest BCUT2D eigenvalue weighted by Crippen LogP contribution is 2.33. The predicted octanol–water partition coefficient (Wildman–Crippen LogP) is 2.69. The molecular weight excluding hydrogens is 288 g/mol. The first-order valence-corrected chi connectivity index (χ1v) is 8.10. The van der Waals surface area contributed by atoms with Crippen molar-refractivity contribution in [3.8, 4) is 12.1 Å². The number of hydrogen-bond acceptors (Lipinski definition) is 4. The highest BCUT2D eigenvalue weighted by molar-refractivity contribution is 5.84. The lowest BCUT2D eigenvalue weighted by Gasteiger charge is -2.32. The molecule has 1 atom stereocenters. The number of carbonyl (C=O) groups is 1. The van der Waals surface area contributed by atoms with E-state index in [1.165, 1.54) is 0 Å². The minimum atomic E-state index is -0.366. The van der Waals surface area contributed by atoms with Crippen LogP contribution >= 0.6 is 0 Å². The van der Waals surface area contributed by atoms with Crippen molar-refractivity contribution < 1.29 is 4.79 Å². The number of unbranched alkanes of at least 4 members (excludes halogenated alkanes) is 1. The Bertz CT molecular complexity index is 652. The van der Waals surface area contributed by atoms with E-state index in [0.29, 0.717) is 23.5 Å². The van der Waals surface area contributed by atoms with E-state index in [4.69, 9.17) is 11.0 Å². The molecule has 1 unspecified atom stereocenters. The van der Waals surface area contributed by atoms with E-state index < -0.39 is 0 Å². The van der Waals surface area contributed by atoms with E-state index in [1.54, 1.807) is 12.1 Å². The highest BCUT2D eigenvalue weighted by Gasteiger charge is 2.31. The summed E-state index contributed by atoms with van der Waals surface area (Å²) < 4.78 is 0. The van der Waals surface area contributed by atoms with Crippen molar-refractivity contribution >= 4 is 11.6 Å². The molecule has 0 bridgehead atoms. The molecule has 0 saturated heterocycles. The van der Waals surface area contributed by atoms with Crippen LogP contribution in [0.15, 0.2) is 18.2 Å². The molecule has 1 aromatic carbocycles. The second kappa shape index (κ2) is 7.65. The van der Waals surface area contributed by atoms with Crippen LogP contribution in [0.1, 0.15) is 50.2 Å². The van der Waals surface area contributed by atoms with Gasteiger partial charge in [-0.2, -0.15) is 10.5 Å². The molecule has 0 aliphatic heterocycles. The summed E-state index contributed by atoms with van der Waals surface area (Å²) in [6.07, 6.45) is 4.96. The molecule has 0 spiro atoms. The molecule has 0 heterocycles. The van der Waals surface area contributed by atoms with Crippen molar-refractivity contribution in [3.63, 3.8) is 0 Å². The lowest BCUT2D eigenvalue weighted by Crippen LogP contribution is -2.46. The molecule has 1 aliphatic carbocycles. The Kier molecular flexibility index (Phi) is 5.60. The number of anilines is 1. The van der Waals surface area contributed by atoms with E-state index in [-0.39, 0.29) is 11.9 Å². The zero-order valence-electron chi connectivity index (χ0n) is 13.5. The van der Waals surface area contributed by atoms with E-state index in [2.05, 4.69) is 13.0 Å². The summed E-state index contributed by atoms with van der Waals surface area (Å²) in [7, 11) is 0. The molecule has 2 N–H and O–H groups in total. The Balaban J connectivity index is 2.35. The molecule has 1 saturated carbocycles. The van der Waals surface area contributed by atoms with Crippen LogP contribution in [0.3, 0.4) is 0 Å². The minimum absolute atomic E-state index is 0.332. The summed E-state index contributed by atoms with van der Waals surface area (Å²) in [6.45, 7) is 2.85. The molecule has 0 radical (unpaired) electrons. The maximum atomic E-state index is 12.0. The van der Waals surface area contributed by atoms with E-state index in [9.17, 15) is 10.1 Å². The summed E-state index contributed by atoms with van der Waals surface area (Å²) in [5.74, 6) is 0.252. The van der Waals surface area contributed by atoms with Gasteiger partial charge in [-0.15, -0.1) is 0 Å². The first-order chi connectivity index (χ1) is 11.1. The molecule has 2 rings (SSSR count). The lowest BCUT2D eigenvalue weighted by atomic mass is 10.0. The van der Waals surface area contributed by atoms with Gasteiger partial charge in [0.1, 0.15) is 18.2 Å². The van der Waals surface area contributed by atoms with E-state index in [0.717, 1.165) is 37.9 Å². The predicted molar refractivity (Wildman–Crippen MR) is 88.4 cm³/mol. The monoisotopic (exact) mass is 310 g/mol. The van der Waals surface area contributed by atoms with Crippen molar-refractivity contribution in [2.24, 2.45) is 11.7 Å². The first kappa shape index (κ1) is 16.8. The van der Waals surface area contributed by atoms with Crippen molar-refractivity contribution in [2.45, 2.75) is 45.1 Å². The van der Waals surface area contributed by atoms with Gasteiger partial charge in [0, 0.05) is 12.2 Å². The number of carbonyl (C=O) groups excluding carboxylic acids is 1.